The number of anilines is 1. The van der Waals surface area contributed by atoms with Crippen molar-refractivity contribution in [1.29, 1.82) is 0 Å². The topological polar surface area (TPSA) is 81.1 Å². The molecule has 8 heteroatoms. The number of carbonyl (C=O) groups excluding carboxylic acids is 1. The van der Waals surface area contributed by atoms with Gasteiger partial charge in [0.05, 0.1) is 12.3 Å². The fraction of sp³-hybridized carbons (Fsp3) is 0.182. The van der Waals surface area contributed by atoms with Gasteiger partial charge in [-0.25, -0.2) is 19.9 Å². The summed E-state index contributed by atoms with van der Waals surface area (Å²) in [6.45, 7) is 2.16. The number of halogens is 1. The number of nitrogens with zero attached hydrogens (tertiary/aromatic N) is 3. The van der Waals surface area contributed by atoms with E-state index in [0.29, 0.717) is 18.1 Å². The molecule has 2 aromatic rings. The van der Waals surface area contributed by atoms with Crippen molar-refractivity contribution in [3.05, 3.63) is 35.2 Å². The number of rotatable bonds is 4. The SMILES string of the molecule is CCONC(=O)Nc1cc(Br)cnc1-n1cccn1. The smallest absolute Gasteiger partial charge is 0.303 e. The molecule has 7 nitrogen and oxygen atoms in total. The van der Waals surface area contributed by atoms with Gasteiger partial charge in [0, 0.05) is 23.1 Å². The van der Waals surface area contributed by atoms with Crippen molar-refractivity contribution < 1.29 is 9.63 Å². The van der Waals surface area contributed by atoms with Gasteiger partial charge < -0.3 is 5.32 Å². The molecule has 0 aliphatic rings. The summed E-state index contributed by atoms with van der Waals surface area (Å²) in [5.41, 5.74) is 2.76. The predicted molar refractivity (Wildman–Crippen MR) is 72.8 cm³/mol. The van der Waals surface area contributed by atoms with Gasteiger partial charge in [-0.1, -0.05) is 0 Å². The maximum Gasteiger partial charge on any atom is 0.343 e. The zero-order valence-corrected chi connectivity index (χ0v) is 11.7. The number of hydroxylamine groups is 1. The molecule has 19 heavy (non-hydrogen) atoms. The van der Waals surface area contributed by atoms with E-state index in [2.05, 4.69) is 36.8 Å². The second-order valence-corrected chi connectivity index (χ2v) is 4.38. The van der Waals surface area contributed by atoms with Crippen LogP contribution in [0.3, 0.4) is 0 Å². The van der Waals surface area contributed by atoms with Gasteiger partial charge in [-0.15, -0.1) is 0 Å². The molecular weight excluding hydrogens is 314 g/mol. The predicted octanol–water partition coefficient (Wildman–Crippen LogP) is 2.10. The van der Waals surface area contributed by atoms with Crippen LogP contribution in [0.25, 0.3) is 5.82 Å². The summed E-state index contributed by atoms with van der Waals surface area (Å²) in [5.74, 6) is 0.514. The van der Waals surface area contributed by atoms with E-state index in [-0.39, 0.29) is 0 Å². The van der Waals surface area contributed by atoms with Crippen LogP contribution >= 0.6 is 15.9 Å². The number of nitrogens with one attached hydrogen (secondary N) is 2. The van der Waals surface area contributed by atoms with E-state index in [9.17, 15) is 4.79 Å². The monoisotopic (exact) mass is 325 g/mol. The van der Waals surface area contributed by atoms with E-state index in [1.165, 1.54) is 0 Å². The van der Waals surface area contributed by atoms with Gasteiger partial charge in [0.25, 0.3) is 0 Å². The van der Waals surface area contributed by atoms with Gasteiger partial charge in [-0.2, -0.15) is 5.10 Å². The Morgan fingerprint density at radius 3 is 3.11 bits per heavy atom. The molecule has 2 aromatic heterocycles. The minimum atomic E-state index is -0.477. The Labute approximate surface area is 118 Å². The number of urea groups is 1. The highest BCUT2D eigenvalue weighted by Crippen LogP contribution is 2.21. The molecule has 2 heterocycles. The molecule has 0 unspecified atom stereocenters. The number of hydrogen-bond donors (Lipinski definition) is 2. The standard InChI is InChI=1S/C11H12BrN5O2/c1-2-19-16-11(18)15-9-6-8(12)7-13-10(9)17-5-3-4-14-17/h3-7H,2H2,1H3,(H2,15,16,18). The molecule has 0 saturated heterocycles. The van der Waals surface area contributed by atoms with Crippen LogP contribution in [0.4, 0.5) is 10.5 Å². The van der Waals surface area contributed by atoms with Crippen molar-refractivity contribution in [3.63, 3.8) is 0 Å². The molecule has 0 atom stereocenters. The number of aromatic nitrogens is 3. The zero-order chi connectivity index (χ0) is 13.7. The lowest BCUT2D eigenvalue weighted by molar-refractivity contribution is 0.0758. The van der Waals surface area contributed by atoms with Gasteiger partial charge >= 0.3 is 6.03 Å². The van der Waals surface area contributed by atoms with Crippen LogP contribution in [0.2, 0.25) is 0 Å². The molecule has 2 rings (SSSR count). The zero-order valence-electron chi connectivity index (χ0n) is 10.1. The Kier molecular flexibility index (Phi) is 4.48. The van der Waals surface area contributed by atoms with Crippen molar-refractivity contribution in [2.24, 2.45) is 0 Å². The molecular formula is C11H12BrN5O2. The molecule has 2 amide bonds. The lowest BCUT2D eigenvalue weighted by Crippen LogP contribution is -2.29. The summed E-state index contributed by atoms with van der Waals surface area (Å²) in [7, 11) is 0. The first kappa shape index (κ1) is 13.5. The summed E-state index contributed by atoms with van der Waals surface area (Å²) in [4.78, 5) is 20.6. The second-order valence-electron chi connectivity index (χ2n) is 3.46. The van der Waals surface area contributed by atoms with E-state index >= 15 is 0 Å². The van der Waals surface area contributed by atoms with Gasteiger partial charge in [0.15, 0.2) is 5.82 Å². The highest BCUT2D eigenvalue weighted by molar-refractivity contribution is 9.10. The summed E-state index contributed by atoms with van der Waals surface area (Å²) in [6.07, 6.45) is 5.00. The Balaban J connectivity index is 2.23. The third-order valence-electron chi connectivity index (χ3n) is 2.11. The number of carbonyl (C=O) groups is 1. The maximum absolute atomic E-state index is 11.6. The van der Waals surface area contributed by atoms with Crippen LogP contribution in [-0.2, 0) is 4.84 Å². The molecule has 0 aliphatic carbocycles. The summed E-state index contributed by atoms with van der Waals surface area (Å²) >= 11 is 3.31. The van der Waals surface area contributed by atoms with Gasteiger partial charge in [0.2, 0.25) is 0 Å². The Morgan fingerprint density at radius 2 is 2.42 bits per heavy atom. The number of pyridine rings is 1. The number of amides is 2. The van der Waals surface area contributed by atoms with Crippen LogP contribution in [0.15, 0.2) is 35.2 Å². The molecule has 2 N–H and O–H groups in total. The Bertz CT molecular complexity index is 558. The minimum Gasteiger partial charge on any atom is -0.303 e. The minimum absolute atomic E-state index is 0.385. The van der Waals surface area contributed by atoms with E-state index < -0.39 is 6.03 Å². The molecule has 0 fully saturated rings. The van der Waals surface area contributed by atoms with Crippen LogP contribution in [0, 0.1) is 0 Å². The van der Waals surface area contributed by atoms with E-state index in [1.54, 1.807) is 42.3 Å². The third-order valence-corrected chi connectivity index (χ3v) is 2.55. The van der Waals surface area contributed by atoms with Gasteiger partial charge in [-0.3, -0.25) is 4.84 Å². The molecule has 0 aliphatic heterocycles. The normalized spacial score (nSPS) is 10.2. The van der Waals surface area contributed by atoms with E-state index in [0.717, 1.165) is 4.47 Å². The quantitative estimate of drug-likeness (QED) is 0.843. The lowest BCUT2D eigenvalue weighted by atomic mass is 10.4. The average molecular weight is 326 g/mol. The summed E-state index contributed by atoms with van der Waals surface area (Å²) < 4.78 is 2.30. The lowest BCUT2D eigenvalue weighted by Gasteiger charge is -2.11. The van der Waals surface area contributed by atoms with Crippen LogP contribution in [0.5, 0.6) is 0 Å². The van der Waals surface area contributed by atoms with Crippen LogP contribution in [0.1, 0.15) is 6.92 Å². The molecule has 0 radical (unpaired) electrons. The van der Waals surface area contributed by atoms with Crippen molar-refractivity contribution in [1.82, 2.24) is 20.2 Å². The molecule has 0 aromatic carbocycles. The number of hydrogen-bond acceptors (Lipinski definition) is 4. The van der Waals surface area contributed by atoms with E-state index in [1.807, 2.05) is 0 Å². The molecule has 100 valence electrons. The van der Waals surface area contributed by atoms with Crippen molar-refractivity contribution in [2.75, 3.05) is 11.9 Å². The molecule has 0 bridgehead atoms. The highest BCUT2D eigenvalue weighted by Gasteiger charge is 2.10. The van der Waals surface area contributed by atoms with Crippen LogP contribution < -0.4 is 10.8 Å². The average Bonchev–Trinajstić information content (AvgIpc) is 2.90. The largest absolute Gasteiger partial charge is 0.343 e. The summed E-state index contributed by atoms with van der Waals surface area (Å²) in [5, 5.41) is 6.73. The Hall–Kier alpha value is -1.93. The first-order valence-electron chi connectivity index (χ1n) is 5.55. The first-order chi connectivity index (χ1) is 9.20. The van der Waals surface area contributed by atoms with Crippen molar-refractivity contribution >= 4 is 27.6 Å². The fourth-order valence-electron chi connectivity index (χ4n) is 1.39. The van der Waals surface area contributed by atoms with Crippen molar-refractivity contribution in [2.45, 2.75) is 6.92 Å². The first-order valence-corrected chi connectivity index (χ1v) is 6.34. The molecule has 0 saturated carbocycles. The highest BCUT2D eigenvalue weighted by atomic mass is 79.9. The van der Waals surface area contributed by atoms with Crippen LogP contribution in [-0.4, -0.2) is 27.4 Å². The summed E-state index contributed by atoms with van der Waals surface area (Å²) in [6, 6.07) is 3.03. The van der Waals surface area contributed by atoms with Gasteiger partial charge in [-0.05, 0) is 35.0 Å². The third kappa shape index (κ3) is 3.52. The molecule has 0 spiro atoms. The Morgan fingerprint density at radius 1 is 1.58 bits per heavy atom. The second kappa shape index (κ2) is 6.30. The fourth-order valence-corrected chi connectivity index (χ4v) is 1.72. The van der Waals surface area contributed by atoms with Gasteiger partial charge in [0.1, 0.15) is 0 Å². The van der Waals surface area contributed by atoms with Crippen molar-refractivity contribution in [3.8, 4) is 5.82 Å². The maximum atomic E-state index is 11.6. The van der Waals surface area contributed by atoms with E-state index in [4.69, 9.17) is 4.84 Å².